The molecular weight excluding hydrogens is 360 g/mol. The van der Waals surface area contributed by atoms with Gasteiger partial charge in [0.1, 0.15) is 11.5 Å². The predicted octanol–water partition coefficient (Wildman–Crippen LogP) is 0.498. The second-order valence-corrected chi connectivity index (χ2v) is 7.42. The highest BCUT2D eigenvalue weighted by molar-refractivity contribution is 6.02. The number of methoxy groups -OCH3 is 1. The van der Waals surface area contributed by atoms with E-state index in [0.717, 1.165) is 37.7 Å². The third-order valence-corrected chi connectivity index (χ3v) is 5.21. The number of carbonyl (C=O) groups is 1. The Bertz CT molecular complexity index is 1050. The van der Waals surface area contributed by atoms with E-state index in [1.165, 1.54) is 13.3 Å². The number of aromatic nitrogens is 5. The molecule has 0 saturated carbocycles. The van der Waals surface area contributed by atoms with Crippen LogP contribution in [0.3, 0.4) is 0 Å². The summed E-state index contributed by atoms with van der Waals surface area (Å²) >= 11 is 0. The molecule has 0 bridgehead atoms. The van der Waals surface area contributed by atoms with Gasteiger partial charge in [0.25, 0.3) is 11.8 Å². The van der Waals surface area contributed by atoms with Gasteiger partial charge in [-0.1, -0.05) is 0 Å². The number of fused-ring (bicyclic) bond motifs is 1. The van der Waals surface area contributed by atoms with Crippen LogP contribution in [-0.2, 0) is 0 Å². The number of imidazole rings is 1. The monoisotopic (exact) mass is 380 g/mol. The molecule has 0 aliphatic carbocycles. The average Bonchev–Trinajstić information content (AvgIpc) is 2.99. The van der Waals surface area contributed by atoms with E-state index in [9.17, 15) is 4.79 Å². The number of hydrogen-bond acceptors (Lipinski definition) is 8. The summed E-state index contributed by atoms with van der Waals surface area (Å²) in [5.41, 5.74) is 2.06. The molecule has 0 radical (unpaired) electrons. The average molecular weight is 380 g/mol. The predicted molar refractivity (Wildman–Crippen MR) is 102 cm³/mol. The molecule has 0 aromatic carbocycles. The lowest BCUT2D eigenvalue weighted by molar-refractivity contribution is 0.102. The molecule has 0 unspecified atom stereocenters. The molecule has 1 spiro atoms. The first-order valence-corrected chi connectivity index (χ1v) is 9.05. The molecule has 3 aromatic heterocycles. The van der Waals surface area contributed by atoms with Crippen molar-refractivity contribution < 1.29 is 9.53 Å². The summed E-state index contributed by atoms with van der Waals surface area (Å²) in [6.45, 7) is 5.97. The summed E-state index contributed by atoms with van der Waals surface area (Å²) in [4.78, 5) is 32.0. The minimum atomic E-state index is -0.381. The Morgan fingerprint density at radius 3 is 2.68 bits per heavy atom. The van der Waals surface area contributed by atoms with Gasteiger partial charge in [0.15, 0.2) is 5.82 Å². The number of aryl methyl sites for hydroxylation is 1. The summed E-state index contributed by atoms with van der Waals surface area (Å²) in [6.07, 6.45) is 6.65. The van der Waals surface area contributed by atoms with Crippen molar-refractivity contribution in [2.45, 2.75) is 6.92 Å². The molecular formula is C18H20N8O2. The number of amides is 1. The topological polar surface area (TPSA) is 110 Å². The fourth-order valence-corrected chi connectivity index (χ4v) is 3.70. The van der Waals surface area contributed by atoms with E-state index in [2.05, 4.69) is 35.5 Å². The molecule has 144 valence electrons. The second-order valence-electron chi connectivity index (χ2n) is 7.42. The number of rotatable bonds is 4. The lowest BCUT2D eigenvalue weighted by atomic mass is 9.74. The van der Waals surface area contributed by atoms with E-state index >= 15 is 0 Å². The van der Waals surface area contributed by atoms with Gasteiger partial charge in [-0.25, -0.2) is 15.0 Å². The zero-order valence-corrected chi connectivity index (χ0v) is 15.6. The summed E-state index contributed by atoms with van der Waals surface area (Å²) in [7, 11) is 1.52. The van der Waals surface area contributed by atoms with Crippen LogP contribution < -0.4 is 20.3 Å². The van der Waals surface area contributed by atoms with Gasteiger partial charge >= 0.3 is 0 Å². The zero-order valence-electron chi connectivity index (χ0n) is 15.6. The minimum Gasteiger partial charge on any atom is -0.478 e. The summed E-state index contributed by atoms with van der Waals surface area (Å²) < 4.78 is 7.04. The third kappa shape index (κ3) is 2.73. The van der Waals surface area contributed by atoms with Crippen molar-refractivity contribution in [2.24, 2.45) is 5.41 Å². The Kier molecular flexibility index (Phi) is 3.69. The van der Waals surface area contributed by atoms with E-state index in [-0.39, 0.29) is 11.6 Å². The van der Waals surface area contributed by atoms with Crippen LogP contribution >= 0.6 is 0 Å². The van der Waals surface area contributed by atoms with Gasteiger partial charge < -0.3 is 20.3 Å². The van der Waals surface area contributed by atoms with Gasteiger partial charge in [0.05, 0.1) is 31.4 Å². The number of hydrogen-bond donors (Lipinski definition) is 2. The maximum absolute atomic E-state index is 12.5. The number of nitrogens with zero attached hydrogens (tertiary/aromatic N) is 6. The first-order valence-electron chi connectivity index (χ1n) is 9.05. The molecule has 1 amide bonds. The van der Waals surface area contributed by atoms with E-state index in [1.807, 2.05) is 13.1 Å². The minimum absolute atomic E-state index is 0.229. The molecule has 3 aromatic rings. The van der Waals surface area contributed by atoms with Crippen LogP contribution in [0.1, 0.15) is 16.2 Å². The molecule has 10 heteroatoms. The Balaban J connectivity index is 1.31. The Hall–Kier alpha value is -3.27. The van der Waals surface area contributed by atoms with Gasteiger partial charge in [0.2, 0.25) is 5.65 Å². The first kappa shape index (κ1) is 16.9. The van der Waals surface area contributed by atoms with E-state index in [0.29, 0.717) is 22.8 Å². The van der Waals surface area contributed by atoms with Crippen molar-refractivity contribution in [3.63, 3.8) is 0 Å². The molecule has 2 aliphatic rings. The maximum Gasteiger partial charge on any atom is 0.277 e. The highest BCUT2D eigenvalue weighted by atomic mass is 16.5. The fourth-order valence-electron chi connectivity index (χ4n) is 3.70. The molecule has 2 fully saturated rings. The van der Waals surface area contributed by atoms with E-state index in [4.69, 9.17) is 4.74 Å². The maximum atomic E-state index is 12.5. The van der Waals surface area contributed by atoms with Crippen molar-refractivity contribution in [1.82, 2.24) is 29.7 Å². The summed E-state index contributed by atoms with van der Waals surface area (Å²) in [6, 6.07) is 0. The highest BCUT2D eigenvalue weighted by Crippen LogP contribution is 2.36. The normalized spacial score (nSPS) is 17.3. The van der Waals surface area contributed by atoms with Crippen LogP contribution in [0, 0.1) is 12.3 Å². The Morgan fingerprint density at radius 2 is 2.04 bits per heavy atom. The first-order chi connectivity index (χ1) is 13.5. The van der Waals surface area contributed by atoms with Crippen molar-refractivity contribution in [3.8, 4) is 5.88 Å². The fraction of sp³-hybridized carbons (Fsp3) is 0.389. The lowest BCUT2D eigenvalue weighted by Gasteiger charge is -2.56. The molecule has 2 N–H and O–H groups in total. The van der Waals surface area contributed by atoms with Gasteiger partial charge in [-0.05, 0) is 6.92 Å². The van der Waals surface area contributed by atoms with Gasteiger partial charge in [-0.2, -0.15) is 4.98 Å². The summed E-state index contributed by atoms with van der Waals surface area (Å²) in [5, 5.41) is 6.05. The lowest BCUT2D eigenvalue weighted by Crippen LogP contribution is -2.71. The van der Waals surface area contributed by atoms with E-state index in [1.54, 1.807) is 16.8 Å². The summed E-state index contributed by atoms with van der Waals surface area (Å²) in [5.74, 6) is 1.10. The smallest absolute Gasteiger partial charge is 0.277 e. The molecule has 5 rings (SSSR count). The second kappa shape index (κ2) is 6.13. The van der Waals surface area contributed by atoms with Crippen LogP contribution in [0.25, 0.3) is 5.65 Å². The highest BCUT2D eigenvalue weighted by Gasteiger charge is 2.48. The van der Waals surface area contributed by atoms with E-state index < -0.39 is 0 Å². The zero-order chi connectivity index (χ0) is 19.3. The Labute approximate surface area is 161 Å². The van der Waals surface area contributed by atoms with Crippen LogP contribution in [0.5, 0.6) is 5.88 Å². The molecule has 0 atom stereocenters. The third-order valence-electron chi connectivity index (χ3n) is 5.21. The number of nitrogens with one attached hydrogen (secondary N) is 2. The van der Waals surface area contributed by atoms with Crippen LogP contribution in [0.4, 0.5) is 11.6 Å². The van der Waals surface area contributed by atoms with Gasteiger partial charge in [0, 0.05) is 37.8 Å². The van der Waals surface area contributed by atoms with Crippen molar-refractivity contribution >= 4 is 23.2 Å². The number of ether oxygens (including phenoxy) is 1. The molecule has 2 aliphatic heterocycles. The molecule has 28 heavy (non-hydrogen) atoms. The molecule has 10 nitrogen and oxygen atoms in total. The van der Waals surface area contributed by atoms with Crippen molar-refractivity contribution in [1.29, 1.82) is 0 Å². The molecule has 2 saturated heterocycles. The SMILES string of the molecule is COc1nc(NC(=O)c2cnc(N3CC4(CNC4)C3)cn2)cn2cc(C)nc12. The molecule has 5 heterocycles. The van der Waals surface area contributed by atoms with Gasteiger partial charge in [-0.15, -0.1) is 0 Å². The van der Waals surface area contributed by atoms with Gasteiger partial charge in [-0.3, -0.25) is 9.20 Å². The van der Waals surface area contributed by atoms with Crippen molar-refractivity contribution in [3.05, 3.63) is 36.2 Å². The van der Waals surface area contributed by atoms with Crippen LogP contribution in [0.2, 0.25) is 0 Å². The largest absolute Gasteiger partial charge is 0.478 e. The number of anilines is 2. The van der Waals surface area contributed by atoms with Crippen molar-refractivity contribution in [2.75, 3.05) is 43.5 Å². The van der Waals surface area contributed by atoms with Crippen LogP contribution in [-0.4, -0.2) is 63.5 Å². The standard InChI is InChI=1S/C18H20N8O2/c1-11-5-25-6-13(24-17(28-2)15(25)22-11)23-16(27)12-3-21-14(4-20-12)26-9-18(10-26)7-19-8-18/h3-6,19H,7-10H2,1-2H3,(H,23,27). The van der Waals surface area contributed by atoms with Crippen LogP contribution in [0.15, 0.2) is 24.8 Å². The quantitative estimate of drug-likeness (QED) is 0.673. The number of carbonyl (C=O) groups excluding carboxylic acids is 1. The Morgan fingerprint density at radius 1 is 1.21 bits per heavy atom.